The van der Waals surface area contributed by atoms with Crippen LogP contribution in [0.4, 0.5) is 5.69 Å². The van der Waals surface area contributed by atoms with Gasteiger partial charge in [-0.15, -0.1) is 0 Å². The maximum absolute atomic E-state index is 12.5. The second kappa shape index (κ2) is 25.2. The number of carbonyl (C=O) groups excluding carboxylic acids is 4. The number of Topliss-reactive ketones (excluding diaryl/α,β-unsaturated/α-hetero) is 4. The van der Waals surface area contributed by atoms with E-state index in [1.807, 2.05) is 27.7 Å². The van der Waals surface area contributed by atoms with Crippen molar-refractivity contribution in [1.29, 1.82) is 0 Å². The first-order valence-corrected chi connectivity index (χ1v) is 16.3. The Balaban J connectivity index is 2.01. The van der Waals surface area contributed by atoms with E-state index in [0.717, 1.165) is 5.56 Å². The third kappa shape index (κ3) is 21.0. The average molecular weight is 652 g/mol. The molecular weight excluding hydrogens is 598 g/mol. The number of hydrogen-bond donors (Lipinski definition) is 0. The van der Waals surface area contributed by atoms with Crippen LogP contribution >= 0.6 is 0 Å². The lowest BCUT2D eigenvalue weighted by atomic mass is 9.98. The highest BCUT2D eigenvalue weighted by molar-refractivity contribution is 5.87. The van der Waals surface area contributed by atoms with Gasteiger partial charge in [0.05, 0.1) is 63.9 Å². The molecule has 0 aliphatic carbocycles. The summed E-state index contributed by atoms with van der Waals surface area (Å²) in [5.74, 6) is 0.0869. The average Bonchev–Trinajstić information content (AvgIpc) is 3.00. The summed E-state index contributed by atoms with van der Waals surface area (Å²) in [6, 6.07) is 4.47. The van der Waals surface area contributed by atoms with Gasteiger partial charge in [-0.3, -0.25) is 29.3 Å². The Morgan fingerprint density at radius 1 is 0.652 bits per heavy atom. The molecule has 0 saturated carbocycles. The second-order valence-electron chi connectivity index (χ2n) is 11.6. The van der Waals surface area contributed by atoms with E-state index >= 15 is 0 Å². The van der Waals surface area contributed by atoms with Crippen LogP contribution < -0.4 is 0 Å². The van der Waals surface area contributed by atoms with Gasteiger partial charge in [0.25, 0.3) is 5.69 Å². The molecule has 1 rings (SSSR count). The Hall–Kier alpha value is -2.90. The molecule has 1 aromatic rings. The van der Waals surface area contributed by atoms with Crippen LogP contribution in [-0.4, -0.2) is 87.0 Å². The normalized spacial score (nSPS) is 11.3. The van der Waals surface area contributed by atoms with Gasteiger partial charge in [0, 0.05) is 69.6 Å². The lowest BCUT2D eigenvalue weighted by molar-refractivity contribution is -0.384. The molecule has 0 aliphatic heterocycles. The predicted octanol–water partition coefficient (Wildman–Crippen LogP) is 5.18. The van der Waals surface area contributed by atoms with Crippen LogP contribution in [0.25, 0.3) is 0 Å². The molecule has 12 heteroatoms. The summed E-state index contributed by atoms with van der Waals surface area (Å²) in [7, 11) is 0. The molecule has 0 amide bonds. The zero-order chi connectivity index (χ0) is 34.2. The Morgan fingerprint density at radius 3 is 1.78 bits per heavy atom. The molecule has 0 spiro atoms. The van der Waals surface area contributed by atoms with Gasteiger partial charge in [-0.2, -0.15) is 0 Å². The van der Waals surface area contributed by atoms with Gasteiger partial charge in [0.15, 0.2) is 0 Å². The summed E-state index contributed by atoms with van der Waals surface area (Å²) in [6.07, 6.45) is 2.85. The van der Waals surface area contributed by atoms with E-state index in [-0.39, 0.29) is 66.7 Å². The molecule has 0 N–H and O–H groups in total. The fourth-order valence-electron chi connectivity index (χ4n) is 4.19. The minimum Gasteiger partial charge on any atom is -0.379 e. The monoisotopic (exact) mass is 651 g/mol. The number of carbonyl (C=O) groups is 4. The molecule has 0 bridgehead atoms. The molecule has 0 heterocycles. The first-order valence-electron chi connectivity index (χ1n) is 16.3. The number of nitrogens with zero attached hydrogens (tertiary/aromatic N) is 1. The summed E-state index contributed by atoms with van der Waals surface area (Å²) >= 11 is 0. The van der Waals surface area contributed by atoms with Crippen molar-refractivity contribution in [2.45, 2.75) is 98.2 Å². The van der Waals surface area contributed by atoms with Gasteiger partial charge in [-0.1, -0.05) is 13.8 Å². The molecule has 0 aromatic heterocycles. The summed E-state index contributed by atoms with van der Waals surface area (Å²) in [4.78, 5) is 58.7. The number of nitro groups is 1. The summed E-state index contributed by atoms with van der Waals surface area (Å²) in [6.45, 7) is 10.9. The molecule has 0 aliphatic rings. The van der Waals surface area contributed by atoms with E-state index < -0.39 is 4.92 Å². The van der Waals surface area contributed by atoms with Crippen LogP contribution in [0.1, 0.15) is 90.2 Å². The summed E-state index contributed by atoms with van der Waals surface area (Å²) in [5, 5.41) is 11.2. The molecule has 0 atom stereocenters. The van der Waals surface area contributed by atoms with Crippen LogP contribution in [0.15, 0.2) is 18.2 Å². The molecule has 1 aromatic carbocycles. The third-order valence-corrected chi connectivity index (χ3v) is 6.95. The Bertz CT molecular complexity index is 1070. The quantitative estimate of drug-likeness (QED) is 0.0613. The summed E-state index contributed by atoms with van der Waals surface area (Å²) in [5.41, 5.74) is 1.27. The Labute approximate surface area is 273 Å². The standard InChI is InChI=1S/C34H53NO11/c1-26(2)34(39)13-12-32(37)14-16-43-18-20-45-22-21-44-19-17-42-15-6-9-31(36)7-5-8-33(38)24-29-23-30(35(40)41)11-10-28(29)25-46-27(3)4/h10-11,23,26-27H,5-9,12-22,24-25H2,1-4H3. The number of rotatable bonds is 30. The van der Waals surface area contributed by atoms with E-state index in [1.165, 1.54) is 12.1 Å². The zero-order valence-corrected chi connectivity index (χ0v) is 28.1. The van der Waals surface area contributed by atoms with E-state index in [2.05, 4.69) is 0 Å². The smallest absolute Gasteiger partial charge is 0.269 e. The van der Waals surface area contributed by atoms with Crippen molar-refractivity contribution in [1.82, 2.24) is 0 Å². The number of ether oxygens (including phenoxy) is 5. The van der Waals surface area contributed by atoms with Gasteiger partial charge in [-0.25, -0.2) is 0 Å². The molecule has 12 nitrogen and oxygen atoms in total. The minimum absolute atomic E-state index is 0.0105. The fourth-order valence-corrected chi connectivity index (χ4v) is 4.19. The Morgan fingerprint density at radius 2 is 1.20 bits per heavy atom. The zero-order valence-electron chi connectivity index (χ0n) is 28.1. The van der Waals surface area contributed by atoms with Crippen molar-refractivity contribution >= 4 is 28.8 Å². The van der Waals surface area contributed by atoms with Crippen molar-refractivity contribution < 1.29 is 47.8 Å². The highest BCUT2D eigenvalue weighted by Crippen LogP contribution is 2.21. The number of benzene rings is 1. The largest absolute Gasteiger partial charge is 0.379 e. The molecule has 260 valence electrons. The lowest BCUT2D eigenvalue weighted by Gasteiger charge is -2.12. The number of ketones is 4. The van der Waals surface area contributed by atoms with Crippen molar-refractivity contribution in [3.63, 3.8) is 0 Å². The van der Waals surface area contributed by atoms with Gasteiger partial charge >= 0.3 is 0 Å². The first-order chi connectivity index (χ1) is 22.0. The minimum atomic E-state index is -0.483. The van der Waals surface area contributed by atoms with Gasteiger partial charge in [0.2, 0.25) is 0 Å². The van der Waals surface area contributed by atoms with Crippen LogP contribution in [0.5, 0.6) is 0 Å². The van der Waals surface area contributed by atoms with Crippen molar-refractivity contribution in [2.24, 2.45) is 5.92 Å². The highest BCUT2D eigenvalue weighted by Gasteiger charge is 2.15. The van der Waals surface area contributed by atoms with Crippen LogP contribution in [0, 0.1) is 16.0 Å². The maximum Gasteiger partial charge on any atom is 0.269 e. The SMILES string of the molecule is CC(C)OCc1ccc([N+](=O)[O-])cc1CC(=O)CCCC(=O)CCCOCCOCCOCCOCCC(=O)CCC(=O)C(C)C. The van der Waals surface area contributed by atoms with Crippen molar-refractivity contribution in [3.8, 4) is 0 Å². The molecular formula is C34H53NO11. The highest BCUT2D eigenvalue weighted by atomic mass is 16.6. The number of non-ortho nitro benzene ring substituents is 1. The molecule has 0 unspecified atom stereocenters. The first kappa shape index (κ1) is 41.1. The number of hydrogen-bond acceptors (Lipinski definition) is 11. The van der Waals surface area contributed by atoms with Crippen molar-refractivity contribution in [3.05, 3.63) is 39.4 Å². The van der Waals surface area contributed by atoms with E-state index in [4.69, 9.17) is 23.7 Å². The lowest BCUT2D eigenvalue weighted by Crippen LogP contribution is -2.14. The fraction of sp³-hybridized carbons (Fsp3) is 0.706. The van der Waals surface area contributed by atoms with E-state index in [9.17, 15) is 29.3 Å². The van der Waals surface area contributed by atoms with Gasteiger partial charge < -0.3 is 23.7 Å². The second-order valence-corrected chi connectivity index (χ2v) is 11.6. The molecule has 0 saturated heterocycles. The third-order valence-electron chi connectivity index (χ3n) is 6.95. The van der Waals surface area contributed by atoms with Crippen LogP contribution in [0.3, 0.4) is 0 Å². The number of nitro benzene ring substituents is 1. The van der Waals surface area contributed by atoms with Crippen LogP contribution in [0.2, 0.25) is 0 Å². The van der Waals surface area contributed by atoms with E-state index in [1.54, 1.807) is 6.07 Å². The molecule has 0 fully saturated rings. The van der Waals surface area contributed by atoms with E-state index in [0.29, 0.717) is 96.9 Å². The Kier molecular flexibility index (Phi) is 22.5. The predicted molar refractivity (Wildman–Crippen MR) is 172 cm³/mol. The van der Waals surface area contributed by atoms with Crippen LogP contribution in [-0.2, 0) is 55.9 Å². The maximum atomic E-state index is 12.5. The van der Waals surface area contributed by atoms with Gasteiger partial charge in [0.1, 0.15) is 23.1 Å². The molecule has 46 heavy (non-hydrogen) atoms. The summed E-state index contributed by atoms with van der Waals surface area (Å²) < 4.78 is 27.4. The topological polar surface area (TPSA) is 158 Å². The van der Waals surface area contributed by atoms with Crippen molar-refractivity contribution in [2.75, 3.05) is 52.9 Å². The van der Waals surface area contributed by atoms with Gasteiger partial charge in [-0.05, 0) is 43.9 Å². The molecule has 0 radical (unpaired) electrons.